The van der Waals surface area contributed by atoms with Crippen LogP contribution in [0.4, 0.5) is 3.89 Å². The summed E-state index contributed by atoms with van der Waals surface area (Å²) in [5, 5.41) is 0. The predicted molar refractivity (Wildman–Crippen MR) is 161 cm³/mol. The number of hydrogen-bond acceptors (Lipinski definition) is 3. The van der Waals surface area contributed by atoms with E-state index in [0.717, 1.165) is 68.3 Å². The molecule has 2 nitrogen and oxygen atoms in total. The van der Waals surface area contributed by atoms with Gasteiger partial charge in [-0.15, -0.1) is 0 Å². The Hall–Kier alpha value is -0.0600. The maximum atomic E-state index is 14.1. The number of hydrogen-bond donors (Lipinski definition) is 0. The van der Waals surface area contributed by atoms with Crippen molar-refractivity contribution in [3.63, 3.8) is 0 Å². The van der Waals surface area contributed by atoms with Crippen molar-refractivity contribution in [3.05, 3.63) is 11.6 Å². The molecule has 0 aromatic rings. The highest BCUT2D eigenvalue weighted by molar-refractivity contribution is 7.94. The number of rotatable bonds is 9. The molecule has 0 radical (unpaired) electrons. The molecule has 8 unspecified atom stereocenters. The van der Waals surface area contributed by atoms with Gasteiger partial charge >= 0.3 is 0 Å². The van der Waals surface area contributed by atoms with Crippen LogP contribution in [0.2, 0.25) is 0 Å². The minimum Gasteiger partial charge on any atom is -0.353 e. The van der Waals surface area contributed by atoms with Gasteiger partial charge in [-0.25, -0.2) is 0 Å². The van der Waals surface area contributed by atoms with E-state index >= 15 is 0 Å². The molecule has 5 aliphatic rings. The van der Waals surface area contributed by atoms with Gasteiger partial charge in [0.05, 0.1) is 6.10 Å². The molecule has 0 N–H and O–H groups in total. The Morgan fingerprint density at radius 3 is 2.55 bits per heavy atom. The predicted octanol–water partition coefficient (Wildman–Crippen LogP) is 10.6. The molecule has 38 heavy (non-hydrogen) atoms. The summed E-state index contributed by atoms with van der Waals surface area (Å²) in [6.45, 7) is 14.8. The van der Waals surface area contributed by atoms with Gasteiger partial charge < -0.3 is 9.47 Å². The molecule has 0 spiro atoms. The van der Waals surface area contributed by atoms with E-state index in [0.29, 0.717) is 29.2 Å². The second-order valence-corrected chi connectivity index (χ2v) is 14.6. The van der Waals surface area contributed by atoms with Gasteiger partial charge in [0.2, 0.25) is 0 Å². The minimum absolute atomic E-state index is 0.0166. The van der Waals surface area contributed by atoms with Crippen molar-refractivity contribution in [2.24, 2.45) is 46.3 Å². The van der Waals surface area contributed by atoms with Crippen molar-refractivity contribution in [2.45, 2.75) is 144 Å². The third kappa shape index (κ3) is 6.23. The van der Waals surface area contributed by atoms with Crippen LogP contribution >= 0.6 is 12.1 Å². The molecular formula is C34H59FO2S. The molecule has 3 saturated carbocycles. The highest BCUT2D eigenvalue weighted by atomic mass is 32.2. The minimum atomic E-state index is -0.0166. The molecular weight excluding hydrogens is 491 g/mol. The number of ether oxygens (including phenoxy) is 2. The summed E-state index contributed by atoms with van der Waals surface area (Å²) in [6.07, 6.45) is 20.3. The van der Waals surface area contributed by atoms with Crippen LogP contribution in [0.15, 0.2) is 11.6 Å². The van der Waals surface area contributed by atoms with Crippen LogP contribution in [0.25, 0.3) is 0 Å². The molecule has 1 heterocycles. The van der Waals surface area contributed by atoms with Crippen LogP contribution in [0, 0.1) is 46.3 Å². The highest BCUT2D eigenvalue weighted by Gasteiger charge is 2.60. The van der Waals surface area contributed by atoms with Crippen molar-refractivity contribution in [1.29, 1.82) is 0 Å². The molecule has 220 valence electrons. The molecule has 4 fully saturated rings. The lowest BCUT2D eigenvalue weighted by Gasteiger charge is -2.59. The summed E-state index contributed by atoms with van der Waals surface area (Å²) >= 11 is 0.612. The van der Waals surface area contributed by atoms with Crippen LogP contribution < -0.4 is 0 Å². The SMILES string of the molecule is CC.CC(C)CCC[C@@H](C)C1CCC2C3CC=C4CC(OC5CCCCO5)CCC4(CSF)C3CCC21C. The van der Waals surface area contributed by atoms with E-state index in [1.165, 1.54) is 57.8 Å². The monoisotopic (exact) mass is 550 g/mol. The van der Waals surface area contributed by atoms with Gasteiger partial charge in [-0.1, -0.05) is 72.5 Å². The van der Waals surface area contributed by atoms with Gasteiger partial charge in [-0.3, -0.25) is 0 Å². The Labute approximate surface area is 239 Å². The van der Waals surface area contributed by atoms with Crippen LogP contribution in [-0.4, -0.2) is 24.8 Å². The first-order chi connectivity index (χ1) is 18.4. The van der Waals surface area contributed by atoms with Gasteiger partial charge in [-0.05, 0) is 112 Å². The topological polar surface area (TPSA) is 18.5 Å². The number of halogens is 1. The van der Waals surface area contributed by atoms with Crippen molar-refractivity contribution in [1.82, 2.24) is 0 Å². The summed E-state index contributed by atoms with van der Waals surface area (Å²) in [4.78, 5) is 0. The molecule has 4 heteroatoms. The van der Waals surface area contributed by atoms with Crippen LogP contribution in [0.1, 0.15) is 131 Å². The Kier molecular flexibility index (Phi) is 11.2. The second kappa shape index (κ2) is 13.7. The first-order valence-corrected chi connectivity index (χ1v) is 17.5. The normalized spacial score (nSPS) is 41.3. The molecule has 0 aromatic carbocycles. The molecule has 5 rings (SSSR count). The van der Waals surface area contributed by atoms with E-state index in [2.05, 4.69) is 33.8 Å². The number of fused-ring (bicyclic) bond motifs is 5. The van der Waals surface area contributed by atoms with Crippen LogP contribution in [0.3, 0.4) is 0 Å². The lowest BCUT2D eigenvalue weighted by Crippen LogP contribution is -2.53. The lowest BCUT2D eigenvalue weighted by molar-refractivity contribution is -0.195. The summed E-state index contributed by atoms with van der Waals surface area (Å²) in [7, 11) is 0. The highest BCUT2D eigenvalue weighted by Crippen LogP contribution is 2.68. The van der Waals surface area contributed by atoms with E-state index in [1.807, 2.05) is 13.8 Å². The summed E-state index contributed by atoms with van der Waals surface area (Å²) in [6, 6.07) is 0. The lowest BCUT2D eigenvalue weighted by atomic mass is 9.47. The molecule has 0 bridgehead atoms. The van der Waals surface area contributed by atoms with Crippen molar-refractivity contribution >= 4 is 12.1 Å². The first kappa shape index (κ1) is 30.9. The Morgan fingerprint density at radius 2 is 1.84 bits per heavy atom. The quantitative estimate of drug-likeness (QED) is 0.266. The van der Waals surface area contributed by atoms with E-state index < -0.39 is 0 Å². The van der Waals surface area contributed by atoms with Gasteiger partial charge in [0, 0.05) is 29.9 Å². The zero-order valence-corrected chi connectivity index (χ0v) is 26.4. The second-order valence-electron chi connectivity index (χ2n) is 14.1. The largest absolute Gasteiger partial charge is 0.353 e. The molecule has 4 aliphatic carbocycles. The molecule has 0 amide bonds. The van der Waals surface area contributed by atoms with Gasteiger partial charge in [0.1, 0.15) is 0 Å². The summed E-state index contributed by atoms with van der Waals surface area (Å²) in [5.41, 5.74) is 2.10. The van der Waals surface area contributed by atoms with Crippen molar-refractivity contribution < 1.29 is 13.4 Å². The zero-order valence-electron chi connectivity index (χ0n) is 25.6. The summed E-state index contributed by atoms with van der Waals surface area (Å²) in [5.74, 6) is 5.46. The summed E-state index contributed by atoms with van der Waals surface area (Å²) < 4.78 is 26.4. The Bertz CT molecular complexity index is 764. The third-order valence-corrected chi connectivity index (χ3v) is 12.4. The van der Waals surface area contributed by atoms with Gasteiger partial charge in [-0.2, -0.15) is 3.89 Å². The standard InChI is InChI=1S/C32H53FO2S.C2H6/c1-22(2)8-7-9-23(3)27-13-14-28-26-12-11-24-20-25(35-30-10-5-6-19-34-30)15-18-32(24,21-36-33)29(26)16-17-31(27,28)4;1-2/h11,22-23,25-30H,5-10,12-21H2,1-4H3;1-2H3/t23-,25?,26?,27?,28?,29?,30?,31?,32?;/m1./s1. The third-order valence-electron chi connectivity index (χ3n) is 11.8. The van der Waals surface area contributed by atoms with Crippen LogP contribution in [0.5, 0.6) is 0 Å². The van der Waals surface area contributed by atoms with Crippen molar-refractivity contribution in [3.8, 4) is 0 Å². The molecule has 1 aliphatic heterocycles. The Balaban J connectivity index is 0.00000164. The first-order valence-electron chi connectivity index (χ1n) is 16.6. The van der Waals surface area contributed by atoms with E-state index in [4.69, 9.17) is 9.47 Å². The van der Waals surface area contributed by atoms with E-state index in [-0.39, 0.29) is 17.8 Å². The molecule has 0 aromatic heterocycles. The van der Waals surface area contributed by atoms with Gasteiger partial charge in [0.25, 0.3) is 0 Å². The van der Waals surface area contributed by atoms with E-state index in [9.17, 15) is 3.89 Å². The Morgan fingerprint density at radius 1 is 1.03 bits per heavy atom. The maximum Gasteiger partial charge on any atom is 0.157 e. The fraction of sp³-hybridized carbons (Fsp3) is 0.941. The fourth-order valence-corrected chi connectivity index (χ4v) is 10.7. The van der Waals surface area contributed by atoms with Crippen molar-refractivity contribution in [2.75, 3.05) is 12.4 Å². The molecule has 1 saturated heterocycles. The van der Waals surface area contributed by atoms with E-state index in [1.54, 1.807) is 5.57 Å². The number of allylic oxidation sites excluding steroid dienone is 1. The van der Waals surface area contributed by atoms with Gasteiger partial charge in [0.15, 0.2) is 6.29 Å². The maximum absolute atomic E-state index is 14.1. The average molecular weight is 551 g/mol. The smallest absolute Gasteiger partial charge is 0.157 e. The zero-order chi connectivity index (χ0) is 27.3. The average Bonchev–Trinajstić information content (AvgIpc) is 3.28. The molecule has 9 atom stereocenters. The van der Waals surface area contributed by atoms with Crippen LogP contribution in [-0.2, 0) is 9.47 Å². The fourth-order valence-electron chi connectivity index (χ4n) is 9.96.